The fraction of sp³-hybridized carbons (Fsp3) is 0.185. The molecule has 12 nitrogen and oxygen atoms in total. The standard InChI is InChI=1S/C27H18F6N2O10/c1-43-19-9-8-17(35(41)42)12-18(19)34-22(36)20(44-24(39)13-4-2-6-15(10-13)26(28,29)30)21(23(37)38)45-25(40)14-5-3-7-16(11-14)27(31,32)33/h2-12,20-21H,1H3,(H,34,36)(H,37,38)/t20-,21+/m1/s1. The molecule has 0 radical (unpaired) electrons. The molecule has 3 aromatic carbocycles. The van der Waals surface area contributed by atoms with Crippen molar-refractivity contribution >= 4 is 35.2 Å². The maximum atomic E-state index is 13.3. The number of nitro groups is 1. The van der Waals surface area contributed by atoms with E-state index in [9.17, 15) is 60.7 Å². The summed E-state index contributed by atoms with van der Waals surface area (Å²) in [6.07, 6.45) is -15.4. The molecule has 0 saturated carbocycles. The lowest BCUT2D eigenvalue weighted by atomic mass is 10.1. The Morgan fingerprint density at radius 2 is 1.29 bits per heavy atom. The molecular weight excluding hydrogens is 626 g/mol. The van der Waals surface area contributed by atoms with E-state index in [0.717, 1.165) is 49.6 Å². The Kier molecular flexibility index (Phi) is 10.0. The second-order valence-corrected chi connectivity index (χ2v) is 8.78. The predicted molar refractivity (Wildman–Crippen MR) is 137 cm³/mol. The molecule has 0 aliphatic rings. The van der Waals surface area contributed by atoms with Gasteiger partial charge < -0.3 is 24.6 Å². The minimum absolute atomic E-state index is 0.232. The highest BCUT2D eigenvalue weighted by Gasteiger charge is 2.42. The second-order valence-electron chi connectivity index (χ2n) is 8.78. The van der Waals surface area contributed by atoms with Gasteiger partial charge in [0.15, 0.2) is 0 Å². The van der Waals surface area contributed by atoms with E-state index in [1.54, 1.807) is 0 Å². The number of carboxylic acids is 1. The molecule has 0 aliphatic carbocycles. The van der Waals surface area contributed by atoms with Crippen molar-refractivity contribution in [3.8, 4) is 5.75 Å². The number of nitrogens with one attached hydrogen (secondary N) is 1. The first-order chi connectivity index (χ1) is 20.9. The average Bonchev–Trinajstić information content (AvgIpc) is 2.97. The van der Waals surface area contributed by atoms with Gasteiger partial charge in [-0.2, -0.15) is 26.3 Å². The summed E-state index contributed by atoms with van der Waals surface area (Å²) in [7, 11) is 1.08. The van der Waals surface area contributed by atoms with Gasteiger partial charge in [0.1, 0.15) is 5.75 Å². The molecule has 0 bridgehead atoms. The van der Waals surface area contributed by atoms with E-state index in [1.165, 1.54) is 0 Å². The van der Waals surface area contributed by atoms with Gasteiger partial charge in [0.25, 0.3) is 11.6 Å². The Morgan fingerprint density at radius 3 is 1.71 bits per heavy atom. The lowest BCUT2D eigenvalue weighted by Crippen LogP contribution is -2.48. The number of alkyl halides is 6. The number of halogens is 6. The van der Waals surface area contributed by atoms with Crippen molar-refractivity contribution in [3.63, 3.8) is 0 Å². The molecule has 2 N–H and O–H groups in total. The van der Waals surface area contributed by atoms with Crippen molar-refractivity contribution in [1.29, 1.82) is 0 Å². The highest BCUT2D eigenvalue weighted by molar-refractivity contribution is 6.02. The van der Waals surface area contributed by atoms with Gasteiger partial charge in [-0.25, -0.2) is 14.4 Å². The third kappa shape index (κ3) is 8.46. The molecule has 3 aromatic rings. The zero-order valence-electron chi connectivity index (χ0n) is 22.3. The number of hydrogen-bond donors (Lipinski definition) is 2. The SMILES string of the molecule is COc1ccc([N+](=O)[O-])cc1NC(=O)[C@H](OC(=O)c1cccc(C(F)(F)F)c1)[C@H](OC(=O)c1cccc(C(F)(F)F)c1)C(=O)O. The Hall–Kier alpha value is -5.68. The van der Waals surface area contributed by atoms with Crippen LogP contribution in [0.4, 0.5) is 37.7 Å². The van der Waals surface area contributed by atoms with Gasteiger partial charge in [-0.15, -0.1) is 0 Å². The van der Waals surface area contributed by atoms with Crippen LogP contribution in [0.3, 0.4) is 0 Å². The quantitative estimate of drug-likeness (QED) is 0.131. The molecule has 0 aromatic heterocycles. The normalized spacial score (nSPS) is 12.8. The van der Waals surface area contributed by atoms with Crippen molar-refractivity contribution in [1.82, 2.24) is 0 Å². The Balaban J connectivity index is 2.05. The summed E-state index contributed by atoms with van der Waals surface area (Å²) in [6.45, 7) is 0. The Morgan fingerprint density at radius 1 is 0.800 bits per heavy atom. The van der Waals surface area contributed by atoms with Crippen LogP contribution in [-0.2, 0) is 31.4 Å². The minimum atomic E-state index is -4.93. The number of carboxylic acid groups (broad SMARTS) is 1. The lowest BCUT2D eigenvalue weighted by Gasteiger charge is -2.24. The lowest BCUT2D eigenvalue weighted by molar-refractivity contribution is -0.384. The second kappa shape index (κ2) is 13.3. The first-order valence-electron chi connectivity index (χ1n) is 12.0. The number of carbonyl (C=O) groups is 4. The van der Waals surface area contributed by atoms with E-state index in [2.05, 4.69) is 0 Å². The number of benzene rings is 3. The summed E-state index contributed by atoms with van der Waals surface area (Å²) in [4.78, 5) is 61.4. The van der Waals surface area contributed by atoms with Crippen LogP contribution in [0.15, 0.2) is 66.7 Å². The van der Waals surface area contributed by atoms with E-state index in [0.29, 0.717) is 24.3 Å². The van der Waals surface area contributed by atoms with Crippen LogP contribution in [0.5, 0.6) is 5.75 Å². The highest BCUT2D eigenvalue weighted by atomic mass is 19.4. The predicted octanol–water partition coefficient (Wildman–Crippen LogP) is 5.12. The topological polar surface area (TPSA) is 171 Å². The van der Waals surface area contributed by atoms with Crippen molar-refractivity contribution < 1.29 is 69.8 Å². The number of rotatable bonds is 10. The van der Waals surface area contributed by atoms with Crippen LogP contribution in [0.25, 0.3) is 0 Å². The van der Waals surface area contributed by atoms with Crippen LogP contribution in [0.1, 0.15) is 31.8 Å². The Labute approximate surface area is 247 Å². The zero-order valence-corrected chi connectivity index (χ0v) is 22.3. The summed E-state index contributed by atoms with van der Waals surface area (Å²) in [5, 5.41) is 23.0. The van der Waals surface area contributed by atoms with Crippen LogP contribution in [0.2, 0.25) is 0 Å². The third-order valence-corrected chi connectivity index (χ3v) is 5.75. The fourth-order valence-electron chi connectivity index (χ4n) is 3.62. The number of nitro benzene ring substituents is 1. The Bertz CT molecular complexity index is 1640. The molecule has 0 aliphatic heterocycles. The number of non-ortho nitro benzene ring substituents is 1. The number of aliphatic carboxylic acids is 1. The molecule has 18 heteroatoms. The van der Waals surface area contributed by atoms with E-state index in [1.807, 2.05) is 5.32 Å². The van der Waals surface area contributed by atoms with Gasteiger partial charge in [-0.1, -0.05) is 12.1 Å². The highest BCUT2D eigenvalue weighted by Crippen LogP contribution is 2.32. The molecule has 45 heavy (non-hydrogen) atoms. The van der Waals surface area contributed by atoms with Crippen molar-refractivity contribution in [2.45, 2.75) is 24.6 Å². The average molecular weight is 644 g/mol. The number of anilines is 1. The number of ether oxygens (including phenoxy) is 3. The smallest absolute Gasteiger partial charge is 0.416 e. The van der Waals surface area contributed by atoms with E-state index in [-0.39, 0.29) is 5.75 Å². The summed E-state index contributed by atoms with van der Waals surface area (Å²) in [6, 6.07) is 7.77. The molecule has 0 fully saturated rings. The monoisotopic (exact) mass is 644 g/mol. The fourth-order valence-corrected chi connectivity index (χ4v) is 3.62. The summed E-state index contributed by atoms with van der Waals surface area (Å²) >= 11 is 0. The van der Waals surface area contributed by atoms with Crippen molar-refractivity contribution in [3.05, 3.63) is 99.1 Å². The maximum absolute atomic E-state index is 13.3. The van der Waals surface area contributed by atoms with Gasteiger partial charge >= 0.3 is 30.3 Å². The molecule has 2 atom stereocenters. The van der Waals surface area contributed by atoms with Gasteiger partial charge in [0.05, 0.1) is 40.0 Å². The molecule has 0 saturated heterocycles. The molecule has 3 rings (SSSR count). The largest absolute Gasteiger partial charge is 0.495 e. The number of hydrogen-bond acceptors (Lipinski definition) is 9. The molecule has 0 unspecified atom stereocenters. The number of amides is 1. The molecule has 0 spiro atoms. The van der Waals surface area contributed by atoms with Gasteiger partial charge in [-0.3, -0.25) is 14.9 Å². The van der Waals surface area contributed by atoms with Crippen molar-refractivity contribution in [2.75, 3.05) is 12.4 Å². The molecule has 1 amide bonds. The van der Waals surface area contributed by atoms with Crippen LogP contribution < -0.4 is 10.1 Å². The van der Waals surface area contributed by atoms with Gasteiger partial charge in [0.2, 0.25) is 12.2 Å². The number of methoxy groups -OCH3 is 1. The first kappa shape index (κ1) is 33.8. The van der Waals surface area contributed by atoms with E-state index in [4.69, 9.17) is 14.2 Å². The van der Waals surface area contributed by atoms with E-state index < -0.39 is 86.9 Å². The van der Waals surface area contributed by atoms with Crippen LogP contribution in [0, 0.1) is 10.1 Å². The number of carbonyl (C=O) groups excluding carboxylic acids is 3. The van der Waals surface area contributed by atoms with Crippen LogP contribution in [-0.4, -0.2) is 53.2 Å². The first-order valence-corrected chi connectivity index (χ1v) is 12.0. The van der Waals surface area contributed by atoms with E-state index >= 15 is 0 Å². The minimum Gasteiger partial charge on any atom is -0.495 e. The molecular formula is C27H18F6N2O10. The van der Waals surface area contributed by atoms with Gasteiger partial charge in [-0.05, 0) is 42.5 Å². The van der Waals surface area contributed by atoms with Crippen molar-refractivity contribution in [2.24, 2.45) is 0 Å². The molecule has 0 heterocycles. The summed E-state index contributed by atoms with van der Waals surface area (Å²) < 4.78 is 93.6. The summed E-state index contributed by atoms with van der Waals surface area (Å²) in [5.74, 6) is -7.50. The van der Waals surface area contributed by atoms with Gasteiger partial charge in [0, 0.05) is 12.1 Å². The maximum Gasteiger partial charge on any atom is 0.416 e. The number of nitrogens with zero attached hydrogens (tertiary/aromatic N) is 1. The zero-order chi connectivity index (χ0) is 33.7. The third-order valence-electron chi connectivity index (χ3n) is 5.75. The number of esters is 2. The summed E-state index contributed by atoms with van der Waals surface area (Å²) in [5.41, 5.74) is -5.40. The molecule has 238 valence electrons. The van der Waals surface area contributed by atoms with Crippen LogP contribution >= 0.6 is 0 Å².